The van der Waals surface area contributed by atoms with Crippen molar-refractivity contribution in [1.82, 2.24) is 20.2 Å². The number of rotatable bonds is 3. The van der Waals surface area contributed by atoms with Gasteiger partial charge in [0.15, 0.2) is 0 Å². The molecule has 15 heavy (non-hydrogen) atoms. The Labute approximate surface area is 91.1 Å². The predicted octanol–water partition coefficient (Wildman–Crippen LogP) is 0.902. The number of nitrogens with one attached hydrogen (secondary N) is 2. The molecule has 1 aromatic rings. The molecule has 4 nitrogen and oxygen atoms in total. The number of nitrogens with zero attached hydrogens (tertiary/aromatic N) is 2. The van der Waals surface area contributed by atoms with Gasteiger partial charge in [0.1, 0.15) is 0 Å². The van der Waals surface area contributed by atoms with Gasteiger partial charge >= 0.3 is 0 Å². The summed E-state index contributed by atoms with van der Waals surface area (Å²) in [4.78, 5) is 9.78. The highest BCUT2D eigenvalue weighted by atomic mass is 15.1. The Morgan fingerprint density at radius 1 is 1.53 bits per heavy atom. The van der Waals surface area contributed by atoms with E-state index in [4.69, 9.17) is 0 Å². The molecule has 0 aliphatic carbocycles. The Morgan fingerprint density at radius 2 is 2.27 bits per heavy atom. The van der Waals surface area contributed by atoms with E-state index in [1.54, 1.807) is 6.33 Å². The van der Waals surface area contributed by atoms with Crippen LogP contribution >= 0.6 is 0 Å². The minimum Gasteiger partial charge on any atom is -0.348 e. The fourth-order valence-electron chi connectivity index (χ4n) is 2.02. The van der Waals surface area contributed by atoms with E-state index in [1.807, 2.05) is 0 Å². The van der Waals surface area contributed by atoms with Crippen LogP contribution in [-0.4, -0.2) is 41.0 Å². The summed E-state index contributed by atoms with van der Waals surface area (Å²) in [5.74, 6) is 0. The van der Waals surface area contributed by atoms with Crippen LogP contribution in [0.15, 0.2) is 6.33 Å². The molecule has 2 rings (SSSR count). The van der Waals surface area contributed by atoms with E-state index < -0.39 is 0 Å². The summed E-state index contributed by atoms with van der Waals surface area (Å²) in [6.07, 6.45) is 4.26. The summed E-state index contributed by atoms with van der Waals surface area (Å²) in [7, 11) is 2.19. The van der Waals surface area contributed by atoms with E-state index in [2.05, 4.69) is 34.2 Å². The number of hydrogen-bond donors (Lipinski definition) is 2. The molecule has 0 amide bonds. The maximum atomic E-state index is 4.29. The third-order valence-corrected chi connectivity index (χ3v) is 3.21. The summed E-state index contributed by atoms with van der Waals surface area (Å²) in [5, 5.41) is 3.58. The number of aryl methyl sites for hydroxylation is 1. The average Bonchev–Trinajstić information content (AvgIpc) is 2.63. The van der Waals surface area contributed by atoms with Crippen molar-refractivity contribution in [2.45, 2.75) is 32.4 Å². The standard InChI is InChI=1S/C11H20N4/c1-9-11(14-8-13-9)7-12-10-3-5-15(2)6-4-10/h8,10,12H,3-7H2,1-2H3,(H,13,14). The van der Waals surface area contributed by atoms with Crippen LogP contribution in [0.5, 0.6) is 0 Å². The first-order valence-electron chi connectivity index (χ1n) is 5.66. The van der Waals surface area contributed by atoms with Gasteiger partial charge in [-0.25, -0.2) is 4.98 Å². The van der Waals surface area contributed by atoms with Gasteiger partial charge in [-0.2, -0.15) is 0 Å². The van der Waals surface area contributed by atoms with Gasteiger partial charge in [-0.3, -0.25) is 0 Å². The number of aromatic nitrogens is 2. The molecular formula is C11H20N4. The summed E-state index contributed by atoms with van der Waals surface area (Å²) >= 11 is 0. The lowest BCUT2D eigenvalue weighted by molar-refractivity contribution is 0.233. The van der Waals surface area contributed by atoms with Crippen molar-refractivity contribution in [1.29, 1.82) is 0 Å². The van der Waals surface area contributed by atoms with E-state index in [0.717, 1.165) is 12.2 Å². The Balaban J connectivity index is 1.77. The molecule has 4 heteroatoms. The molecule has 0 radical (unpaired) electrons. The zero-order valence-electron chi connectivity index (χ0n) is 9.58. The van der Waals surface area contributed by atoms with Crippen LogP contribution in [0.2, 0.25) is 0 Å². The molecule has 0 unspecified atom stereocenters. The highest BCUT2D eigenvalue weighted by Gasteiger charge is 2.16. The first kappa shape index (κ1) is 10.6. The second-order valence-electron chi connectivity index (χ2n) is 4.43. The fourth-order valence-corrected chi connectivity index (χ4v) is 2.02. The molecule has 0 aromatic carbocycles. The van der Waals surface area contributed by atoms with E-state index in [9.17, 15) is 0 Å². The van der Waals surface area contributed by atoms with Crippen LogP contribution in [0.1, 0.15) is 24.2 Å². The van der Waals surface area contributed by atoms with Gasteiger partial charge in [0.25, 0.3) is 0 Å². The van der Waals surface area contributed by atoms with Crippen molar-refractivity contribution in [3.8, 4) is 0 Å². The molecule has 0 bridgehead atoms. The number of imidazole rings is 1. The molecule has 0 atom stereocenters. The summed E-state index contributed by atoms with van der Waals surface area (Å²) in [6, 6.07) is 0.664. The van der Waals surface area contributed by atoms with Crippen LogP contribution in [0, 0.1) is 6.92 Å². The highest BCUT2D eigenvalue weighted by Crippen LogP contribution is 2.09. The van der Waals surface area contributed by atoms with E-state index in [-0.39, 0.29) is 0 Å². The van der Waals surface area contributed by atoms with Crippen molar-refractivity contribution in [2.24, 2.45) is 0 Å². The topological polar surface area (TPSA) is 44.0 Å². The molecule has 0 spiro atoms. The van der Waals surface area contributed by atoms with Crippen molar-refractivity contribution in [2.75, 3.05) is 20.1 Å². The van der Waals surface area contributed by atoms with Crippen molar-refractivity contribution < 1.29 is 0 Å². The van der Waals surface area contributed by atoms with Crippen molar-refractivity contribution in [3.63, 3.8) is 0 Å². The average molecular weight is 208 g/mol. The molecular weight excluding hydrogens is 188 g/mol. The SMILES string of the molecule is Cc1[nH]cnc1CNC1CCN(C)CC1. The number of aromatic amines is 1. The zero-order chi connectivity index (χ0) is 10.7. The maximum absolute atomic E-state index is 4.29. The van der Waals surface area contributed by atoms with Crippen molar-refractivity contribution >= 4 is 0 Å². The molecule has 1 aliphatic rings. The molecule has 0 saturated carbocycles. The van der Waals surface area contributed by atoms with E-state index in [0.29, 0.717) is 6.04 Å². The molecule has 2 heterocycles. The summed E-state index contributed by atoms with van der Waals surface area (Å²) in [6.45, 7) is 5.37. The van der Waals surface area contributed by atoms with Gasteiger partial charge in [-0.05, 0) is 39.9 Å². The van der Waals surface area contributed by atoms with Crippen LogP contribution in [-0.2, 0) is 6.54 Å². The van der Waals surface area contributed by atoms with Crippen LogP contribution in [0.25, 0.3) is 0 Å². The third kappa shape index (κ3) is 2.79. The summed E-state index contributed by atoms with van der Waals surface area (Å²) in [5.41, 5.74) is 2.32. The molecule has 1 saturated heterocycles. The van der Waals surface area contributed by atoms with Crippen LogP contribution < -0.4 is 5.32 Å². The van der Waals surface area contributed by atoms with Gasteiger partial charge in [0.05, 0.1) is 12.0 Å². The van der Waals surface area contributed by atoms with Gasteiger partial charge in [-0.15, -0.1) is 0 Å². The minimum absolute atomic E-state index is 0.664. The van der Waals surface area contributed by atoms with Crippen molar-refractivity contribution in [3.05, 3.63) is 17.7 Å². The van der Waals surface area contributed by atoms with E-state index in [1.165, 1.54) is 31.6 Å². The number of likely N-dealkylation sites (tertiary alicyclic amines) is 1. The monoisotopic (exact) mass is 208 g/mol. The smallest absolute Gasteiger partial charge is 0.0925 e. The first-order chi connectivity index (χ1) is 7.25. The third-order valence-electron chi connectivity index (χ3n) is 3.21. The second-order valence-corrected chi connectivity index (χ2v) is 4.43. The number of H-pyrrole nitrogens is 1. The maximum Gasteiger partial charge on any atom is 0.0925 e. The Morgan fingerprint density at radius 3 is 2.87 bits per heavy atom. The Hall–Kier alpha value is -0.870. The molecule has 1 aromatic heterocycles. The predicted molar refractivity (Wildman–Crippen MR) is 60.7 cm³/mol. The number of piperidine rings is 1. The molecule has 84 valence electrons. The quantitative estimate of drug-likeness (QED) is 0.775. The lowest BCUT2D eigenvalue weighted by atomic mass is 10.1. The van der Waals surface area contributed by atoms with Gasteiger partial charge in [0.2, 0.25) is 0 Å². The fraction of sp³-hybridized carbons (Fsp3) is 0.727. The lowest BCUT2D eigenvalue weighted by Gasteiger charge is -2.29. The summed E-state index contributed by atoms with van der Waals surface area (Å²) < 4.78 is 0. The van der Waals surface area contributed by atoms with Crippen LogP contribution in [0.4, 0.5) is 0 Å². The largest absolute Gasteiger partial charge is 0.348 e. The van der Waals surface area contributed by atoms with Gasteiger partial charge < -0.3 is 15.2 Å². The Kier molecular flexibility index (Phi) is 3.38. The first-order valence-corrected chi connectivity index (χ1v) is 5.66. The van der Waals surface area contributed by atoms with Gasteiger partial charge in [-0.1, -0.05) is 0 Å². The normalized spacial score (nSPS) is 19.6. The second kappa shape index (κ2) is 4.77. The van der Waals surface area contributed by atoms with E-state index >= 15 is 0 Å². The minimum atomic E-state index is 0.664. The molecule has 2 N–H and O–H groups in total. The van der Waals surface area contributed by atoms with Gasteiger partial charge in [0, 0.05) is 18.3 Å². The molecule has 1 fully saturated rings. The molecule has 1 aliphatic heterocycles. The Bertz CT molecular complexity index is 299. The highest BCUT2D eigenvalue weighted by molar-refractivity contribution is 5.08. The number of hydrogen-bond acceptors (Lipinski definition) is 3. The zero-order valence-corrected chi connectivity index (χ0v) is 9.58. The van der Waals surface area contributed by atoms with Crippen LogP contribution in [0.3, 0.4) is 0 Å². The lowest BCUT2D eigenvalue weighted by Crippen LogP contribution is -2.40.